The molecule has 36 heavy (non-hydrogen) atoms. The molecule has 0 fully saturated rings. The van der Waals surface area contributed by atoms with Crippen molar-refractivity contribution < 1.29 is 15.0 Å². The Labute approximate surface area is 223 Å². The molecule has 0 aliphatic carbocycles. The molecule has 1 atom stereocenters. The minimum atomic E-state index is -0.693. The molecule has 1 rings (SSSR count). The molecule has 0 bridgehead atoms. The molecule has 0 aliphatic heterocycles. The number of hydrogen-bond donors (Lipinski definition) is 2. The lowest BCUT2D eigenvalue weighted by atomic mass is 9.87. The van der Waals surface area contributed by atoms with E-state index < -0.39 is 5.97 Å². The molecule has 1 aromatic carbocycles. The normalized spacial score (nSPS) is 12.5. The molecule has 0 aromatic heterocycles. The van der Waals surface area contributed by atoms with E-state index in [-0.39, 0.29) is 17.8 Å². The number of rotatable bonds is 22. The first kappa shape index (κ1) is 32.5. The Bertz CT molecular complexity index is 678. The molecule has 0 radical (unpaired) electrons. The summed E-state index contributed by atoms with van der Waals surface area (Å²) in [5.41, 5.74) is 2.91. The number of carboxylic acid groups (broad SMARTS) is 1. The van der Waals surface area contributed by atoms with Crippen LogP contribution in [0.1, 0.15) is 172 Å². The highest BCUT2D eigenvalue weighted by molar-refractivity contribution is 5.70. The number of unbranched alkanes of at least 4 members (excludes halogenated alkanes) is 15. The quantitative estimate of drug-likeness (QED) is 0.155. The van der Waals surface area contributed by atoms with Crippen LogP contribution < -0.4 is 0 Å². The van der Waals surface area contributed by atoms with Crippen LogP contribution in [0.2, 0.25) is 0 Å². The number of carbonyl (C=O) groups is 1. The van der Waals surface area contributed by atoms with Crippen molar-refractivity contribution in [3.63, 3.8) is 0 Å². The maximum Gasteiger partial charge on any atom is 0.306 e. The van der Waals surface area contributed by atoms with Crippen LogP contribution in [0.15, 0.2) is 12.1 Å². The highest BCUT2D eigenvalue weighted by atomic mass is 16.4. The smallest absolute Gasteiger partial charge is 0.306 e. The summed E-state index contributed by atoms with van der Waals surface area (Å²) < 4.78 is 0. The minimum Gasteiger partial charge on any atom is -0.507 e. The molecule has 0 heterocycles. The number of phenolic OH excluding ortho intramolecular Hbond substituents is 1. The van der Waals surface area contributed by atoms with E-state index in [0.717, 1.165) is 36.0 Å². The maximum atomic E-state index is 12.0. The molecule has 3 heteroatoms. The first-order chi connectivity index (χ1) is 17.3. The first-order valence-electron chi connectivity index (χ1n) is 15.4. The van der Waals surface area contributed by atoms with Gasteiger partial charge in [0.15, 0.2) is 0 Å². The highest BCUT2D eigenvalue weighted by Crippen LogP contribution is 2.35. The van der Waals surface area contributed by atoms with Gasteiger partial charge in [-0.2, -0.15) is 0 Å². The Balaban J connectivity index is 2.23. The van der Waals surface area contributed by atoms with Crippen molar-refractivity contribution in [2.24, 2.45) is 5.92 Å². The van der Waals surface area contributed by atoms with Crippen molar-refractivity contribution in [2.75, 3.05) is 0 Å². The monoisotopic (exact) mass is 502 g/mol. The van der Waals surface area contributed by atoms with E-state index in [0.29, 0.717) is 12.2 Å². The van der Waals surface area contributed by atoms with Gasteiger partial charge in [0.25, 0.3) is 0 Å². The van der Waals surface area contributed by atoms with Crippen LogP contribution in [0, 0.1) is 5.92 Å². The van der Waals surface area contributed by atoms with Crippen LogP contribution in [-0.4, -0.2) is 16.2 Å². The zero-order chi connectivity index (χ0) is 26.8. The Morgan fingerprint density at radius 1 is 0.667 bits per heavy atom. The lowest BCUT2D eigenvalue weighted by Gasteiger charge is -2.19. The third-order valence-corrected chi connectivity index (χ3v) is 7.71. The van der Waals surface area contributed by atoms with Crippen LogP contribution >= 0.6 is 0 Å². The summed E-state index contributed by atoms with van der Waals surface area (Å²) in [6, 6.07) is 4.05. The van der Waals surface area contributed by atoms with Crippen LogP contribution in [0.5, 0.6) is 5.75 Å². The molecule has 208 valence electrons. The predicted molar refractivity (Wildman–Crippen MR) is 155 cm³/mol. The van der Waals surface area contributed by atoms with Crippen molar-refractivity contribution in [1.82, 2.24) is 0 Å². The van der Waals surface area contributed by atoms with Crippen LogP contribution in [-0.2, 0) is 11.2 Å². The molecule has 3 nitrogen and oxygen atoms in total. The standard InChI is InChI=1S/C33H58O3/c1-6-7-8-9-10-11-12-13-14-15-16-17-18-19-20-21-22-29(33(35)36)23-28-24-30(26(2)3)32(34)31(25-28)27(4)5/h24-27,29,34H,6-23H2,1-5H3,(H,35,36). The second kappa shape index (κ2) is 19.6. The largest absolute Gasteiger partial charge is 0.507 e. The van der Waals surface area contributed by atoms with Crippen molar-refractivity contribution in [1.29, 1.82) is 0 Å². The van der Waals surface area contributed by atoms with E-state index in [9.17, 15) is 15.0 Å². The van der Waals surface area contributed by atoms with E-state index >= 15 is 0 Å². The van der Waals surface area contributed by atoms with Gasteiger partial charge in [-0.25, -0.2) is 0 Å². The van der Waals surface area contributed by atoms with Gasteiger partial charge in [0, 0.05) is 0 Å². The minimum absolute atomic E-state index is 0.214. The molecular weight excluding hydrogens is 444 g/mol. The third kappa shape index (κ3) is 13.7. The van der Waals surface area contributed by atoms with Gasteiger partial charge in [-0.05, 0) is 41.4 Å². The first-order valence-corrected chi connectivity index (χ1v) is 15.4. The van der Waals surface area contributed by atoms with E-state index in [2.05, 4.69) is 34.6 Å². The number of carboxylic acids is 1. The van der Waals surface area contributed by atoms with Crippen molar-refractivity contribution >= 4 is 5.97 Å². The number of aliphatic carboxylic acids is 1. The van der Waals surface area contributed by atoms with Gasteiger partial charge < -0.3 is 10.2 Å². The Morgan fingerprint density at radius 2 is 1.03 bits per heavy atom. The zero-order valence-electron chi connectivity index (χ0n) is 24.4. The van der Waals surface area contributed by atoms with Gasteiger partial charge in [0.2, 0.25) is 0 Å². The molecule has 1 unspecified atom stereocenters. The summed E-state index contributed by atoms with van der Waals surface area (Å²) in [5.74, 6) is -0.229. The lowest BCUT2D eigenvalue weighted by molar-refractivity contribution is -0.142. The summed E-state index contributed by atoms with van der Waals surface area (Å²) in [5, 5.41) is 20.5. The predicted octanol–water partition coefficient (Wildman–Crippen LogP) is 10.5. The molecule has 0 amide bonds. The van der Waals surface area contributed by atoms with Gasteiger partial charge in [0.1, 0.15) is 5.75 Å². The summed E-state index contributed by atoms with van der Waals surface area (Å²) in [6.07, 6.45) is 22.6. The summed E-state index contributed by atoms with van der Waals surface area (Å²) in [7, 11) is 0. The van der Waals surface area contributed by atoms with Gasteiger partial charge in [-0.15, -0.1) is 0 Å². The highest BCUT2D eigenvalue weighted by Gasteiger charge is 2.21. The molecule has 0 spiro atoms. The number of aromatic hydroxyl groups is 1. The van der Waals surface area contributed by atoms with Gasteiger partial charge >= 0.3 is 5.97 Å². The van der Waals surface area contributed by atoms with Gasteiger partial charge in [-0.1, -0.05) is 149 Å². The third-order valence-electron chi connectivity index (χ3n) is 7.71. The number of benzene rings is 1. The molecule has 0 saturated heterocycles. The molecule has 1 aromatic rings. The molecular formula is C33H58O3. The summed E-state index contributed by atoms with van der Waals surface area (Å²) in [4.78, 5) is 12.0. The average Bonchev–Trinajstić information content (AvgIpc) is 2.83. The SMILES string of the molecule is CCCCCCCCCCCCCCCCCCC(Cc1cc(C(C)C)c(O)c(C(C)C)c1)C(=O)O. The second-order valence-electron chi connectivity index (χ2n) is 11.8. The van der Waals surface area contributed by atoms with E-state index in [4.69, 9.17) is 0 Å². The lowest BCUT2D eigenvalue weighted by Crippen LogP contribution is -2.17. The van der Waals surface area contributed by atoms with Crippen LogP contribution in [0.4, 0.5) is 0 Å². The van der Waals surface area contributed by atoms with Crippen molar-refractivity contribution in [2.45, 2.75) is 162 Å². The van der Waals surface area contributed by atoms with Crippen molar-refractivity contribution in [3.8, 4) is 5.75 Å². The zero-order valence-corrected chi connectivity index (χ0v) is 24.4. The Morgan fingerprint density at radius 3 is 1.36 bits per heavy atom. The van der Waals surface area contributed by atoms with E-state index in [1.807, 2.05) is 12.1 Å². The maximum absolute atomic E-state index is 12.0. The Kier molecular flexibility index (Phi) is 17.7. The van der Waals surface area contributed by atoms with Crippen LogP contribution in [0.25, 0.3) is 0 Å². The van der Waals surface area contributed by atoms with Crippen molar-refractivity contribution in [3.05, 3.63) is 28.8 Å². The van der Waals surface area contributed by atoms with E-state index in [1.54, 1.807) is 0 Å². The molecule has 2 N–H and O–H groups in total. The fourth-order valence-corrected chi connectivity index (χ4v) is 5.28. The Hall–Kier alpha value is -1.51. The average molecular weight is 503 g/mol. The van der Waals surface area contributed by atoms with Crippen LogP contribution in [0.3, 0.4) is 0 Å². The second-order valence-corrected chi connectivity index (χ2v) is 11.8. The van der Waals surface area contributed by atoms with Gasteiger partial charge in [-0.3, -0.25) is 4.79 Å². The van der Waals surface area contributed by atoms with E-state index in [1.165, 1.54) is 89.9 Å². The summed E-state index contributed by atoms with van der Waals surface area (Å²) >= 11 is 0. The fraction of sp³-hybridized carbons (Fsp3) is 0.788. The number of hydrogen-bond acceptors (Lipinski definition) is 2. The number of phenols is 1. The molecule has 0 saturated carbocycles. The fourth-order valence-electron chi connectivity index (χ4n) is 5.28. The summed E-state index contributed by atoms with van der Waals surface area (Å²) in [6.45, 7) is 10.6. The van der Waals surface area contributed by atoms with Gasteiger partial charge in [0.05, 0.1) is 5.92 Å². The molecule has 0 aliphatic rings. The topological polar surface area (TPSA) is 57.5 Å².